The molecule has 0 atom stereocenters. The summed E-state index contributed by atoms with van der Waals surface area (Å²) in [5.41, 5.74) is 5.09. The summed E-state index contributed by atoms with van der Waals surface area (Å²) in [4.78, 5) is 23.0. The monoisotopic (exact) mass is 394 g/mol. The van der Waals surface area contributed by atoms with Crippen LogP contribution in [0.15, 0.2) is 24.4 Å². The van der Waals surface area contributed by atoms with Crippen LogP contribution in [0.1, 0.15) is 53.5 Å². The van der Waals surface area contributed by atoms with Gasteiger partial charge in [0, 0.05) is 19.6 Å². The maximum Gasteiger partial charge on any atom is 0.261 e. The van der Waals surface area contributed by atoms with Crippen LogP contribution < -0.4 is 11.1 Å². The van der Waals surface area contributed by atoms with Gasteiger partial charge in [0.15, 0.2) is 5.78 Å². The molecule has 152 valence electrons. The number of carbonyl (C=O) groups excluding carboxylic acids is 2. The van der Waals surface area contributed by atoms with Crippen LogP contribution in [-0.2, 0) is 0 Å². The van der Waals surface area contributed by atoms with Gasteiger partial charge in [-0.25, -0.2) is 8.78 Å². The molecular formula is C19H24F2N4O3. The van der Waals surface area contributed by atoms with E-state index in [2.05, 4.69) is 15.5 Å². The number of nitrogens with two attached hydrogens (primary N) is 1. The van der Waals surface area contributed by atoms with Gasteiger partial charge in [0.2, 0.25) is 0 Å². The Morgan fingerprint density at radius 3 is 2.39 bits per heavy atom. The molecule has 0 saturated heterocycles. The lowest BCUT2D eigenvalue weighted by Crippen LogP contribution is -2.27. The molecule has 1 amide bonds. The molecule has 0 bridgehead atoms. The molecule has 3 rings (SSSR count). The number of aliphatic hydroxyl groups excluding tert-OH is 1. The van der Waals surface area contributed by atoms with Gasteiger partial charge < -0.3 is 16.2 Å². The average molecular weight is 394 g/mol. The minimum absolute atomic E-state index is 0.0603. The number of nitrogens with zero attached hydrogens (tertiary/aromatic N) is 1. The third-order valence-corrected chi connectivity index (χ3v) is 4.58. The number of hydrogen-bond donors (Lipinski definition) is 4. The third kappa shape index (κ3) is 5.67. The van der Waals surface area contributed by atoms with Crippen LogP contribution in [0.3, 0.4) is 0 Å². The molecular weight excluding hydrogens is 370 g/mol. The fourth-order valence-corrected chi connectivity index (χ4v) is 2.92. The summed E-state index contributed by atoms with van der Waals surface area (Å²) in [5.74, 6) is -2.76. The van der Waals surface area contributed by atoms with Crippen molar-refractivity contribution in [3.8, 4) is 0 Å². The third-order valence-electron chi connectivity index (χ3n) is 4.58. The topological polar surface area (TPSA) is 121 Å². The Morgan fingerprint density at radius 1 is 1.25 bits per heavy atom. The van der Waals surface area contributed by atoms with Crippen molar-refractivity contribution in [2.24, 2.45) is 11.7 Å². The molecule has 1 fully saturated rings. The largest absolute Gasteiger partial charge is 0.396 e. The van der Waals surface area contributed by atoms with E-state index in [1.54, 1.807) is 0 Å². The second-order valence-electron chi connectivity index (χ2n) is 6.73. The maximum absolute atomic E-state index is 13.4. The van der Waals surface area contributed by atoms with Crippen LogP contribution in [0.4, 0.5) is 14.5 Å². The van der Waals surface area contributed by atoms with Crippen molar-refractivity contribution in [2.45, 2.75) is 38.6 Å². The minimum Gasteiger partial charge on any atom is -0.396 e. The number of aromatic nitrogens is 2. The zero-order valence-corrected chi connectivity index (χ0v) is 15.5. The first kappa shape index (κ1) is 21.6. The number of anilines is 1. The maximum atomic E-state index is 13.4. The number of rotatable bonds is 4. The van der Waals surface area contributed by atoms with Crippen LogP contribution in [-0.4, -0.2) is 39.6 Å². The number of nitrogens with one attached hydrogen (secondary N) is 2. The molecule has 0 unspecified atom stereocenters. The van der Waals surface area contributed by atoms with Crippen LogP contribution in [0, 0.1) is 17.6 Å². The summed E-state index contributed by atoms with van der Waals surface area (Å²) in [6.07, 6.45) is 5.64. The number of carbonyl (C=O) groups is 2. The summed E-state index contributed by atoms with van der Waals surface area (Å²) in [5, 5.41) is 16.9. The number of H-pyrrole nitrogens is 1. The second-order valence-corrected chi connectivity index (χ2v) is 6.73. The van der Waals surface area contributed by atoms with Crippen molar-refractivity contribution < 1.29 is 23.5 Å². The van der Waals surface area contributed by atoms with Gasteiger partial charge >= 0.3 is 0 Å². The van der Waals surface area contributed by atoms with E-state index in [0.29, 0.717) is 18.6 Å². The molecule has 28 heavy (non-hydrogen) atoms. The SMILES string of the molecule is CC(=O)c1[nH]ncc1NC(=O)c1c(F)cccc1F.NC1CCC(CO)CC1. The van der Waals surface area contributed by atoms with Crippen molar-refractivity contribution in [1.82, 2.24) is 10.2 Å². The first-order valence-corrected chi connectivity index (χ1v) is 8.99. The Bertz CT molecular complexity index is 797. The molecule has 9 heteroatoms. The number of amides is 1. The van der Waals surface area contributed by atoms with Crippen molar-refractivity contribution >= 4 is 17.4 Å². The van der Waals surface area contributed by atoms with Crippen LogP contribution in [0.25, 0.3) is 0 Å². The van der Waals surface area contributed by atoms with Gasteiger partial charge in [-0.05, 0) is 43.7 Å². The Morgan fingerprint density at radius 2 is 1.86 bits per heavy atom. The zero-order valence-electron chi connectivity index (χ0n) is 15.5. The Hall–Kier alpha value is -2.65. The summed E-state index contributed by atoms with van der Waals surface area (Å²) in [7, 11) is 0. The van der Waals surface area contributed by atoms with Gasteiger partial charge in [-0.15, -0.1) is 0 Å². The summed E-state index contributed by atoms with van der Waals surface area (Å²) < 4.78 is 26.8. The Balaban J connectivity index is 0.000000261. The normalized spacial score (nSPS) is 18.8. The molecule has 5 N–H and O–H groups in total. The van der Waals surface area contributed by atoms with Crippen LogP contribution in [0.5, 0.6) is 0 Å². The predicted octanol–water partition coefficient (Wildman–Crippen LogP) is 2.64. The standard InChI is InChI=1S/C12H9F2N3O2.C7H15NO/c1-6(18)11-9(5-15-17-11)16-12(19)10-7(13)3-2-4-8(10)14;8-7-3-1-6(5-9)2-4-7/h2-5H,1H3,(H,15,17)(H,16,19);6-7,9H,1-5,8H2. The number of Topliss-reactive ketones (excluding diaryl/α,β-unsaturated/α-hetero) is 1. The zero-order chi connectivity index (χ0) is 20.7. The minimum atomic E-state index is -0.987. The van der Waals surface area contributed by atoms with Crippen molar-refractivity contribution in [1.29, 1.82) is 0 Å². The molecule has 0 aliphatic heterocycles. The van der Waals surface area contributed by atoms with E-state index >= 15 is 0 Å². The van der Waals surface area contributed by atoms with E-state index in [1.165, 1.54) is 13.1 Å². The number of hydrogen-bond acceptors (Lipinski definition) is 5. The quantitative estimate of drug-likeness (QED) is 0.594. The van der Waals surface area contributed by atoms with Gasteiger partial charge in [0.05, 0.1) is 11.9 Å². The summed E-state index contributed by atoms with van der Waals surface area (Å²) in [6, 6.07) is 3.51. The van der Waals surface area contributed by atoms with E-state index in [1.807, 2.05) is 0 Å². The number of aromatic amines is 1. The molecule has 0 spiro atoms. The number of benzene rings is 1. The van der Waals surface area contributed by atoms with Gasteiger partial charge in [0.25, 0.3) is 5.91 Å². The second kappa shape index (κ2) is 10.0. The first-order chi connectivity index (χ1) is 13.3. The smallest absolute Gasteiger partial charge is 0.261 e. The summed E-state index contributed by atoms with van der Waals surface area (Å²) in [6.45, 7) is 1.62. The Kier molecular flexibility index (Phi) is 7.77. The van der Waals surface area contributed by atoms with Crippen molar-refractivity contribution in [3.05, 3.63) is 47.3 Å². The van der Waals surface area contributed by atoms with Gasteiger partial charge in [-0.1, -0.05) is 6.07 Å². The Labute approximate surface area is 161 Å². The van der Waals surface area contributed by atoms with Crippen molar-refractivity contribution in [2.75, 3.05) is 11.9 Å². The highest BCUT2D eigenvalue weighted by molar-refractivity contribution is 6.08. The van der Waals surface area contributed by atoms with E-state index in [-0.39, 0.29) is 17.2 Å². The highest BCUT2D eigenvalue weighted by Gasteiger charge is 2.20. The van der Waals surface area contributed by atoms with Crippen LogP contribution >= 0.6 is 0 Å². The molecule has 1 aromatic heterocycles. The fourth-order valence-electron chi connectivity index (χ4n) is 2.92. The number of halogens is 2. The van der Waals surface area contributed by atoms with E-state index in [0.717, 1.165) is 43.9 Å². The number of aliphatic hydroxyl groups is 1. The average Bonchev–Trinajstić information content (AvgIpc) is 3.11. The van der Waals surface area contributed by atoms with Gasteiger partial charge in [-0.2, -0.15) is 5.10 Å². The highest BCUT2D eigenvalue weighted by atomic mass is 19.1. The van der Waals surface area contributed by atoms with Gasteiger partial charge in [0.1, 0.15) is 22.9 Å². The number of ketones is 1. The lowest BCUT2D eigenvalue weighted by molar-refractivity contribution is 0.101. The molecule has 1 aliphatic rings. The predicted molar refractivity (Wildman–Crippen MR) is 99.9 cm³/mol. The molecule has 1 aromatic carbocycles. The van der Waals surface area contributed by atoms with Gasteiger partial charge in [-0.3, -0.25) is 14.7 Å². The molecule has 7 nitrogen and oxygen atoms in total. The highest BCUT2D eigenvalue weighted by Crippen LogP contribution is 2.22. The van der Waals surface area contributed by atoms with E-state index < -0.39 is 23.1 Å². The van der Waals surface area contributed by atoms with E-state index in [9.17, 15) is 18.4 Å². The lowest BCUT2D eigenvalue weighted by atomic mass is 9.87. The fraction of sp³-hybridized carbons (Fsp3) is 0.421. The molecule has 2 aromatic rings. The van der Waals surface area contributed by atoms with E-state index in [4.69, 9.17) is 10.8 Å². The molecule has 1 aliphatic carbocycles. The summed E-state index contributed by atoms with van der Waals surface area (Å²) >= 11 is 0. The molecule has 1 saturated carbocycles. The molecule has 1 heterocycles. The molecule has 0 radical (unpaired) electrons. The van der Waals surface area contributed by atoms with Crippen LogP contribution in [0.2, 0.25) is 0 Å². The lowest BCUT2D eigenvalue weighted by Gasteiger charge is -2.23. The first-order valence-electron chi connectivity index (χ1n) is 8.99. The van der Waals surface area contributed by atoms with Crippen molar-refractivity contribution in [3.63, 3.8) is 0 Å².